The third-order valence-electron chi connectivity index (χ3n) is 7.03. The van der Waals surface area contributed by atoms with Crippen molar-refractivity contribution < 1.29 is 24.0 Å². The first-order valence-electron chi connectivity index (χ1n) is 14.7. The van der Waals surface area contributed by atoms with Gasteiger partial charge < -0.3 is 20.7 Å². The maximum atomic E-state index is 13.5. The van der Waals surface area contributed by atoms with Gasteiger partial charge in [-0.2, -0.15) is 0 Å². The zero-order valence-electron chi connectivity index (χ0n) is 25.7. The van der Waals surface area contributed by atoms with Crippen LogP contribution in [-0.2, 0) is 9.59 Å². The predicted octanol–water partition coefficient (Wildman–Crippen LogP) is 7.49. The van der Waals surface area contributed by atoms with Gasteiger partial charge in [-0.25, -0.2) is 0 Å². The van der Waals surface area contributed by atoms with Crippen LogP contribution in [0.2, 0.25) is 0 Å². The van der Waals surface area contributed by atoms with Gasteiger partial charge in [-0.3, -0.25) is 24.5 Å². The van der Waals surface area contributed by atoms with E-state index in [1.165, 1.54) is 36.0 Å². The highest BCUT2D eigenvalue weighted by molar-refractivity contribution is 8.00. The van der Waals surface area contributed by atoms with Gasteiger partial charge in [-0.1, -0.05) is 60.7 Å². The lowest BCUT2D eigenvalue weighted by Crippen LogP contribution is -2.30. The summed E-state index contributed by atoms with van der Waals surface area (Å²) >= 11 is 1.34. The quantitative estimate of drug-likeness (QED) is 0.0546. The lowest BCUT2D eigenvalue weighted by molar-refractivity contribution is -0.385. The van der Waals surface area contributed by atoms with Gasteiger partial charge in [0.1, 0.15) is 16.7 Å². The number of hydrogen-bond acceptors (Lipinski definition) is 7. The number of nitrogens with one attached hydrogen (secondary N) is 3. The summed E-state index contributed by atoms with van der Waals surface area (Å²) < 4.78 is 5.20. The zero-order chi connectivity index (χ0) is 33.9. The smallest absolute Gasteiger partial charge is 0.276 e. The highest BCUT2D eigenvalue weighted by Crippen LogP contribution is 2.37. The average molecular weight is 659 g/mol. The molecule has 1 atom stereocenters. The lowest BCUT2D eigenvalue weighted by Gasteiger charge is -2.18. The molecule has 0 spiro atoms. The third kappa shape index (κ3) is 8.74. The van der Waals surface area contributed by atoms with Gasteiger partial charge in [-0.15, -0.1) is 11.8 Å². The number of ether oxygens (including phenoxy) is 1. The van der Waals surface area contributed by atoms with Crippen LogP contribution in [0.5, 0.6) is 5.75 Å². The van der Waals surface area contributed by atoms with Crippen LogP contribution in [0.15, 0.2) is 144 Å². The summed E-state index contributed by atoms with van der Waals surface area (Å²) in [5.74, 6) is -0.773. The number of nitrogens with zero attached hydrogens (tertiary/aromatic N) is 1. The molecule has 0 aliphatic rings. The van der Waals surface area contributed by atoms with Gasteiger partial charge in [0, 0.05) is 27.9 Å². The van der Waals surface area contributed by atoms with Crippen molar-refractivity contribution in [3.63, 3.8) is 0 Å². The van der Waals surface area contributed by atoms with Gasteiger partial charge in [0.25, 0.3) is 17.5 Å². The molecule has 0 saturated carbocycles. The number of carbonyl (C=O) groups excluding carboxylic acids is 3. The fourth-order valence-corrected chi connectivity index (χ4v) is 5.63. The molecule has 3 amide bonds. The van der Waals surface area contributed by atoms with Crippen molar-refractivity contribution in [2.75, 3.05) is 17.7 Å². The molecule has 0 aliphatic heterocycles. The highest BCUT2D eigenvalue weighted by atomic mass is 32.2. The third-order valence-corrected chi connectivity index (χ3v) is 8.29. The van der Waals surface area contributed by atoms with Crippen molar-refractivity contribution in [1.29, 1.82) is 0 Å². The van der Waals surface area contributed by atoms with Crippen molar-refractivity contribution in [1.82, 2.24) is 5.32 Å². The molecule has 5 aromatic carbocycles. The lowest BCUT2D eigenvalue weighted by atomic mass is 10.1. The van der Waals surface area contributed by atoms with Crippen molar-refractivity contribution in [3.05, 3.63) is 166 Å². The molecule has 0 saturated heterocycles. The normalized spacial score (nSPS) is 11.6. The van der Waals surface area contributed by atoms with Crippen molar-refractivity contribution in [2.24, 2.45) is 0 Å². The molecule has 0 heterocycles. The van der Waals surface area contributed by atoms with E-state index in [2.05, 4.69) is 16.0 Å². The van der Waals surface area contributed by atoms with E-state index in [-0.39, 0.29) is 22.9 Å². The molecule has 240 valence electrons. The SMILES string of the molecule is COc1ccc(NC(=O)C(Sc2ccc(NC(=O)/C(=C/c3ccccc3[N+](=O)[O-])NC(=O)c3ccccc3)cc2)c2ccccc2)cc1. The molecule has 5 rings (SSSR count). The van der Waals surface area contributed by atoms with Gasteiger partial charge in [0.2, 0.25) is 5.91 Å². The van der Waals surface area contributed by atoms with E-state index >= 15 is 0 Å². The van der Waals surface area contributed by atoms with Gasteiger partial charge in [-0.05, 0) is 78.4 Å². The summed E-state index contributed by atoms with van der Waals surface area (Å²) in [6.07, 6.45) is 1.27. The molecule has 1 unspecified atom stereocenters. The number of nitro groups is 1. The number of para-hydroxylation sites is 1. The Labute approximate surface area is 281 Å². The first-order valence-corrected chi connectivity index (χ1v) is 15.6. The first kappa shape index (κ1) is 33.2. The van der Waals surface area contributed by atoms with E-state index in [1.54, 1.807) is 92.0 Å². The molecule has 48 heavy (non-hydrogen) atoms. The summed E-state index contributed by atoms with van der Waals surface area (Å²) in [4.78, 5) is 51.8. The van der Waals surface area contributed by atoms with E-state index in [9.17, 15) is 24.5 Å². The Hall–Kier alpha value is -6.20. The van der Waals surface area contributed by atoms with Crippen LogP contribution in [0.25, 0.3) is 6.08 Å². The molecule has 0 aliphatic carbocycles. The molecule has 10 nitrogen and oxygen atoms in total. The van der Waals surface area contributed by atoms with E-state index in [1.807, 2.05) is 30.3 Å². The van der Waals surface area contributed by atoms with Crippen LogP contribution >= 0.6 is 11.8 Å². The number of hydrogen-bond donors (Lipinski definition) is 3. The monoisotopic (exact) mass is 658 g/mol. The Bertz CT molecular complexity index is 1930. The number of nitro benzene ring substituents is 1. The maximum absolute atomic E-state index is 13.5. The minimum atomic E-state index is -0.682. The standard InChI is InChI=1S/C37H30N4O6S/c1-47-30-20-16-28(17-21-30)39-37(44)34(25-10-4-2-5-11-25)48-31-22-18-29(19-23-31)38-36(43)32(40-35(42)26-12-6-3-7-13-26)24-27-14-8-9-15-33(27)41(45)46/h2-24,34H,1H3,(H,38,43)(H,39,44)(H,40,42)/b32-24-. The minimum absolute atomic E-state index is 0.146. The number of methoxy groups -OCH3 is 1. The van der Waals surface area contributed by atoms with Crippen molar-refractivity contribution in [2.45, 2.75) is 10.1 Å². The number of thioether (sulfide) groups is 1. The molecule has 0 bridgehead atoms. The first-order chi connectivity index (χ1) is 23.3. The van der Waals surface area contributed by atoms with E-state index in [0.717, 1.165) is 10.5 Å². The van der Waals surface area contributed by atoms with Crippen LogP contribution in [-0.4, -0.2) is 29.8 Å². The second-order valence-corrected chi connectivity index (χ2v) is 11.5. The molecule has 5 aromatic rings. The molecule has 0 aromatic heterocycles. The largest absolute Gasteiger partial charge is 0.497 e. The summed E-state index contributed by atoms with van der Waals surface area (Å²) in [6.45, 7) is 0. The molecular formula is C37H30N4O6S. The molecule has 3 N–H and O–H groups in total. The van der Waals surface area contributed by atoms with Crippen molar-refractivity contribution >= 4 is 52.6 Å². The Morgan fingerprint density at radius 1 is 0.750 bits per heavy atom. The highest BCUT2D eigenvalue weighted by Gasteiger charge is 2.23. The maximum Gasteiger partial charge on any atom is 0.276 e. The van der Waals surface area contributed by atoms with Crippen LogP contribution in [0.1, 0.15) is 26.7 Å². The summed E-state index contributed by atoms with van der Waals surface area (Å²) in [5, 5.41) is 19.3. The zero-order valence-corrected chi connectivity index (χ0v) is 26.5. The van der Waals surface area contributed by atoms with E-state index in [4.69, 9.17) is 4.74 Å². The van der Waals surface area contributed by atoms with E-state index < -0.39 is 22.0 Å². The molecule has 11 heteroatoms. The van der Waals surface area contributed by atoms with Crippen LogP contribution < -0.4 is 20.7 Å². The topological polar surface area (TPSA) is 140 Å². The van der Waals surface area contributed by atoms with Crippen LogP contribution in [0.3, 0.4) is 0 Å². The van der Waals surface area contributed by atoms with Gasteiger partial charge in [0.15, 0.2) is 0 Å². The Balaban J connectivity index is 1.35. The number of rotatable bonds is 12. The fraction of sp³-hybridized carbons (Fsp3) is 0.0541. The molecular weight excluding hydrogens is 628 g/mol. The second kappa shape index (κ2) is 15.9. The number of amides is 3. The Morgan fingerprint density at radius 2 is 1.33 bits per heavy atom. The summed E-state index contributed by atoms with van der Waals surface area (Å²) in [5.41, 5.74) is 1.90. The number of benzene rings is 5. The summed E-state index contributed by atoms with van der Waals surface area (Å²) in [6, 6.07) is 37.6. The van der Waals surface area contributed by atoms with Crippen LogP contribution in [0.4, 0.5) is 17.1 Å². The fourth-order valence-electron chi connectivity index (χ4n) is 4.61. The summed E-state index contributed by atoms with van der Waals surface area (Å²) in [7, 11) is 1.57. The Morgan fingerprint density at radius 3 is 1.98 bits per heavy atom. The van der Waals surface area contributed by atoms with Gasteiger partial charge >= 0.3 is 0 Å². The van der Waals surface area contributed by atoms with E-state index in [0.29, 0.717) is 22.7 Å². The predicted molar refractivity (Wildman–Crippen MR) is 187 cm³/mol. The second-order valence-electron chi connectivity index (χ2n) is 10.3. The van der Waals surface area contributed by atoms with Crippen molar-refractivity contribution in [3.8, 4) is 5.75 Å². The average Bonchev–Trinajstić information content (AvgIpc) is 3.12. The molecule has 0 radical (unpaired) electrons. The minimum Gasteiger partial charge on any atom is -0.497 e. The number of anilines is 2. The Kier molecular flexibility index (Phi) is 11.0. The van der Waals surface area contributed by atoms with Crippen LogP contribution in [0, 0.1) is 10.1 Å². The van der Waals surface area contributed by atoms with Gasteiger partial charge in [0.05, 0.1) is 17.6 Å². The number of carbonyl (C=O) groups is 3. The molecule has 0 fully saturated rings.